The van der Waals surface area contributed by atoms with E-state index < -0.39 is 0 Å². The molecule has 1 fully saturated rings. The van der Waals surface area contributed by atoms with Crippen LogP contribution in [0.4, 0.5) is 5.82 Å². The summed E-state index contributed by atoms with van der Waals surface area (Å²) in [5.41, 5.74) is 3.46. The van der Waals surface area contributed by atoms with Gasteiger partial charge < -0.3 is 19.3 Å². The third kappa shape index (κ3) is 4.58. The number of anilines is 1. The van der Waals surface area contributed by atoms with Gasteiger partial charge in [-0.2, -0.15) is 0 Å². The molecule has 31 heavy (non-hydrogen) atoms. The van der Waals surface area contributed by atoms with Crippen LogP contribution < -0.4 is 14.4 Å². The fourth-order valence-electron chi connectivity index (χ4n) is 3.97. The number of carbonyl (C=O) groups excluding carboxylic acids is 1. The maximum absolute atomic E-state index is 12.7. The van der Waals surface area contributed by atoms with Crippen LogP contribution in [0.3, 0.4) is 0 Å². The van der Waals surface area contributed by atoms with E-state index in [9.17, 15) is 4.79 Å². The van der Waals surface area contributed by atoms with Gasteiger partial charge in [0, 0.05) is 31.6 Å². The fourth-order valence-corrected chi connectivity index (χ4v) is 3.97. The zero-order chi connectivity index (χ0) is 21.8. The number of nitrogens with zero attached hydrogens (tertiary/aromatic N) is 3. The molecule has 1 aromatic heterocycles. The highest BCUT2D eigenvalue weighted by atomic mass is 16.5. The summed E-state index contributed by atoms with van der Waals surface area (Å²) in [4.78, 5) is 21.7. The van der Waals surface area contributed by atoms with E-state index in [1.54, 1.807) is 0 Å². The second-order valence-corrected chi connectivity index (χ2v) is 7.80. The van der Waals surface area contributed by atoms with Gasteiger partial charge in [0.25, 0.3) is 5.91 Å². The lowest BCUT2D eigenvalue weighted by molar-refractivity contribution is -0.133. The van der Waals surface area contributed by atoms with E-state index >= 15 is 0 Å². The molecule has 1 amide bonds. The molecular formula is C25H29N3O3. The van der Waals surface area contributed by atoms with Crippen molar-refractivity contribution in [2.45, 2.75) is 20.8 Å². The van der Waals surface area contributed by atoms with E-state index in [4.69, 9.17) is 14.5 Å². The molecule has 1 saturated heterocycles. The van der Waals surface area contributed by atoms with Gasteiger partial charge in [-0.15, -0.1) is 0 Å². The van der Waals surface area contributed by atoms with Gasteiger partial charge in [0.2, 0.25) is 0 Å². The maximum Gasteiger partial charge on any atom is 0.260 e. The van der Waals surface area contributed by atoms with Gasteiger partial charge in [-0.1, -0.05) is 30.3 Å². The molecule has 1 aliphatic rings. The standard InChI is InChI=1S/C25H29N3O3/c1-4-30-21-10-5-6-11-22(21)31-17-24(29)28-14-12-27(13-15-28)23-16-19(3)20-9-7-8-18(2)25(20)26-23/h5-11,16H,4,12-15,17H2,1-3H3. The number of para-hydroxylation sites is 3. The van der Waals surface area contributed by atoms with Gasteiger partial charge in [0.1, 0.15) is 5.82 Å². The average Bonchev–Trinajstić information content (AvgIpc) is 2.79. The fraction of sp³-hybridized carbons (Fsp3) is 0.360. The summed E-state index contributed by atoms with van der Waals surface area (Å²) in [5.74, 6) is 2.23. The Bertz CT molecular complexity index is 1070. The second-order valence-electron chi connectivity index (χ2n) is 7.80. The number of aryl methyl sites for hydroxylation is 2. The Balaban J connectivity index is 1.37. The first-order valence-electron chi connectivity index (χ1n) is 10.8. The molecule has 6 nitrogen and oxygen atoms in total. The molecule has 0 atom stereocenters. The molecule has 162 valence electrons. The van der Waals surface area contributed by atoms with Crippen molar-refractivity contribution < 1.29 is 14.3 Å². The summed E-state index contributed by atoms with van der Waals surface area (Å²) in [7, 11) is 0. The van der Waals surface area contributed by atoms with Crippen molar-refractivity contribution >= 4 is 22.6 Å². The Labute approximate surface area is 183 Å². The summed E-state index contributed by atoms with van der Waals surface area (Å²) >= 11 is 0. The summed E-state index contributed by atoms with van der Waals surface area (Å²) < 4.78 is 11.3. The molecule has 6 heteroatoms. The molecule has 0 spiro atoms. The number of carbonyl (C=O) groups is 1. The van der Waals surface area contributed by atoms with Gasteiger partial charge in [-0.3, -0.25) is 4.79 Å². The molecule has 2 aromatic carbocycles. The van der Waals surface area contributed by atoms with Crippen LogP contribution in [0.15, 0.2) is 48.5 Å². The highest BCUT2D eigenvalue weighted by Crippen LogP contribution is 2.27. The first kappa shape index (κ1) is 21.0. The largest absolute Gasteiger partial charge is 0.490 e. The SMILES string of the molecule is CCOc1ccccc1OCC(=O)N1CCN(c2cc(C)c3cccc(C)c3n2)CC1. The molecule has 0 bridgehead atoms. The number of amides is 1. The molecule has 0 unspecified atom stereocenters. The van der Waals surface area contributed by atoms with Crippen molar-refractivity contribution in [3.63, 3.8) is 0 Å². The highest BCUT2D eigenvalue weighted by Gasteiger charge is 2.23. The van der Waals surface area contributed by atoms with E-state index in [1.165, 1.54) is 16.5 Å². The number of piperazine rings is 1. The normalized spacial score (nSPS) is 14.0. The van der Waals surface area contributed by atoms with Crippen LogP contribution in [0.2, 0.25) is 0 Å². The number of pyridine rings is 1. The van der Waals surface area contributed by atoms with Crippen LogP contribution in [-0.2, 0) is 4.79 Å². The lowest BCUT2D eigenvalue weighted by Gasteiger charge is -2.35. The molecule has 0 radical (unpaired) electrons. The highest BCUT2D eigenvalue weighted by molar-refractivity contribution is 5.86. The summed E-state index contributed by atoms with van der Waals surface area (Å²) in [5, 5.41) is 1.20. The van der Waals surface area contributed by atoms with Crippen LogP contribution in [0, 0.1) is 13.8 Å². The van der Waals surface area contributed by atoms with Crippen LogP contribution in [-0.4, -0.2) is 55.2 Å². The van der Waals surface area contributed by atoms with Crippen molar-refractivity contribution in [3.05, 3.63) is 59.7 Å². The van der Waals surface area contributed by atoms with Crippen LogP contribution in [0.25, 0.3) is 10.9 Å². The number of rotatable bonds is 6. The average molecular weight is 420 g/mol. The number of hydrogen-bond donors (Lipinski definition) is 0. The predicted molar refractivity (Wildman–Crippen MR) is 123 cm³/mol. The number of ether oxygens (including phenoxy) is 2. The molecule has 0 saturated carbocycles. The Hall–Kier alpha value is -3.28. The lowest BCUT2D eigenvalue weighted by atomic mass is 10.1. The van der Waals surface area contributed by atoms with E-state index in [2.05, 4.69) is 43.0 Å². The Morgan fingerprint density at radius 1 is 0.935 bits per heavy atom. The summed E-state index contributed by atoms with van der Waals surface area (Å²) in [6, 6.07) is 15.9. The predicted octanol–water partition coefficient (Wildman–Crippen LogP) is 3.98. The summed E-state index contributed by atoms with van der Waals surface area (Å²) in [6.07, 6.45) is 0. The van der Waals surface area contributed by atoms with Gasteiger partial charge in [-0.05, 0) is 50.1 Å². The summed E-state index contributed by atoms with van der Waals surface area (Å²) in [6.45, 7) is 9.53. The molecule has 0 aliphatic carbocycles. The first-order chi connectivity index (χ1) is 15.1. The minimum absolute atomic E-state index is 0.00977. The molecular weight excluding hydrogens is 390 g/mol. The van der Waals surface area contributed by atoms with Crippen LogP contribution >= 0.6 is 0 Å². The Kier molecular flexibility index (Phi) is 6.26. The lowest BCUT2D eigenvalue weighted by Crippen LogP contribution is -2.50. The maximum atomic E-state index is 12.7. The van der Waals surface area contributed by atoms with Crippen LogP contribution in [0.1, 0.15) is 18.1 Å². The second kappa shape index (κ2) is 9.25. The van der Waals surface area contributed by atoms with Crippen molar-refractivity contribution in [3.8, 4) is 11.5 Å². The number of benzene rings is 2. The van der Waals surface area contributed by atoms with E-state index in [0.29, 0.717) is 31.2 Å². The van der Waals surface area contributed by atoms with Gasteiger partial charge in [0.15, 0.2) is 18.1 Å². The topological polar surface area (TPSA) is 54.9 Å². The van der Waals surface area contributed by atoms with Crippen molar-refractivity contribution in [2.24, 2.45) is 0 Å². The smallest absolute Gasteiger partial charge is 0.260 e. The van der Waals surface area contributed by atoms with Crippen molar-refractivity contribution in [1.29, 1.82) is 0 Å². The Morgan fingerprint density at radius 2 is 1.65 bits per heavy atom. The zero-order valence-corrected chi connectivity index (χ0v) is 18.4. The number of aromatic nitrogens is 1. The quantitative estimate of drug-likeness (QED) is 0.605. The van der Waals surface area contributed by atoms with Gasteiger partial charge in [0.05, 0.1) is 12.1 Å². The third-order valence-electron chi connectivity index (χ3n) is 5.69. The minimum atomic E-state index is -0.00977. The third-order valence-corrected chi connectivity index (χ3v) is 5.69. The van der Waals surface area contributed by atoms with E-state index in [-0.39, 0.29) is 12.5 Å². The van der Waals surface area contributed by atoms with Gasteiger partial charge in [-0.25, -0.2) is 4.98 Å². The molecule has 2 heterocycles. The minimum Gasteiger partial charge on any atom is -0.490 e. The molecule has 1 aliphatic heterocycles. The van der Waals surface area contributed by atoms with Crippen molar-refractivity contribution in [1.82, 2.24) is 9.88 Å². The van der Waals surface area contributed by atoms with Gasteiger partial charge >= 0.3 is 0 Å². The molecule has 4 rings (SSSR count). The molecule has 0 N–H and O–H groups in total. The number of hydrogen-bond acceptors (Lipinski definition) is 5. The van der Waals surface area contributed by atoms with Crippen LogP contribution in [0.5, 0.6) is 11.5 Å². The molecule has 3 aromatic rings. The van der Waals surface area contributed by atoms with E-state index in [0.717, 1.165) is 24.4 Å². The van der Waals surface area contributed by atoms with Crippen molar-refractivity contribution in [2.75, 3.05) is 44.3 Å². The number of fused-ring (bicyclic) bond motifs is 1. The monoisotopic (exact) mass is 419 g/mol. The zero-order valence-electron chi connectivity index (χ0n) is 18.4. The van der Waals surface area contributed by atoms with E-state index in [1.807, 2.05) is 36.1 Å². The first-order valence-corrected chi connectivity index (χ1v) is 10.8. The Morgan fingerprint density at radius 3 is 2.35 bits per heavy atom.